The molecule has 1 radical (unpaired) electrons. The third-order valence-electron chi connectivity index (χ3n) is 8.17. The zero-order valence-electron chi connectivity index (χ0n) is 33.8. The predicted octanol–water partition coefficient (Wildman–Crippen LogP) is 11.2. The molecule has 0 saturated heterocycles. The van der Waals surface area contributed by atoms with Gasteiger partial charge in [-0.05, 0) is 69.2 Å². The molecule has 0 aliphatic rings. The molecule has 0 bridgehead atoms. The molecule has 7 rings (SSSR count). The Hall–Kier alpha value is -3.89. The van der Waals surface area contributed by atoms with Crippen molar-refractivity contribution in [2.45, 2.75) is 66.0 Å². The smallest absolute Gasteiger partial charge is 0.121 e. The molecule has 0 aliphatic heterocycles. The summed E-state index contributed by atoms with van der Waals surface area (Å²) in [7, 11) is -1.50. The summed E-state index contributed by atoms with van der Waals surface area (Å²) >= 11 is 0. The average Bonchev–Trinajstić information content (AvgIpc) is 3.43. The van der Waals surface area contributed by atoms with E-state index in [-0.39, 0.29) is 37.4 Å². The van der Waals surface area contributed by atoms with E-state index in [1.807, 2.05) is 80.7 Å². The molecule has 47 heavy (non-hydrogen) atoms. The number of furan rings is 1. The van der Waals surface area contributed by atoms with Crippen LogP contribution in [0.15, 0.2) is 102 Å². The second-order valence-electron chi connectivity index (χ2n) is 13.1. The van der Waals surface area contributed by atoms with Crippen LogP contribution in [0.4, 0.5) is 0 Å². The SMILES string of the molecule is [2H]C(C)(C)c1cc(-c2[c-]cccc2)ncc1[Si](C)(C)C.[2H]c1nc(-c2[c-]ccc3c2oc2cc4ccccc4cc23)cc(C([2H])(C)C)c1C([2H])([2H])[2H].[Ir]. The summed E-state index contributed by atoms with van der Waals surface area (Å²) in [4.78, 5) is 8.90. The number of benzene rings is 4. The molecule has 7 aromatic rings. The minimum Gasteiger partial charge on any atom is -0.501 e. The molecular formula is C42H42IrN2OSi-2. The zero-order valence-corrected chi connectivity index (χ0v) is 31.2. The van der Waals surface area contributed by atoms with Crippen LogP contribution in [0.1, 0.15) is 64.4 Å². The number of fused-ring (bicyclic) bond motifs is 4. The largest absolute Gasteiger partial charge is 0.501 e. The standard InChI is InChI=1S/C25H20NO.C17H22NSi.Ir/c1-15(2)21-13-23(26-14-16(21)3)20-10-6-9-19-22-11-17-7-4-5-8-18(17)12-24(22)27-25(19)20;1-13(2)15-11-16(14-9-7-6-8-10-14)18-12-17(15)19(3,4)5;/h4-9,11-15H,1-3H3;6-9,11-13H,1-5H3;/q2*-1;/i3D3,14D,15D;13D;. The summed E-state index contributed by atoms with van der Waals surface area (Å²) in [6.07, 6.45) is 1.62. The summed E-state index contributed by atoms with van der Waals surface area (Å²) in [6.45, 7) is 11.5. The van der Waals surface area contributed by atoms with Crippen LogP contribution in [0.25, 0.3) is 55.2 Å². The van der Waals surface area contributed by atoms with Crippen molar-refractivity contribution in [1.29, 1.82) is 0 Å². The van der Waals surface area contributed by atoms with Crippen LogP contribution in [0, 0.1) is 19.0 Å². The molecule has 0 fully saturated rings. The van der Waals surface area contributed by atoms with Crippen LogP contribution in [0.5, 0.6) is 0 Å². The molecule has 241 valence electrons. The van der Waals surface area contributed by atoms with Crippen molar-refractivity contribution in [2.75, 3.05) is 0 Å². The van der Waals surface area contributed by atoms with Crippen molar-refractivity contribution in [3.8, 4) is 22.5 Å². The Bertz CT molecular complexity index is 2420. The topological polar surface area (TPSA) is 38.9 Å². The Kier molecular flexibility index (Phi) is 8.11. The van der Waals surface area contributed by atoms with E-state index < -0.39 is 26.7 Å². The Morgan fingerprint density at radius 1 is 0.787 bits per heavy atom. The van der Waals surface area contributed by atoms with Gasteiger partial charge in [-0.15, -0.1) is 54.1 Å². The third kappa shape index (κ3) is 7.18. The van der Waals surface area contributed by atoms with Gasteiger partial charge in [0.05, 0.1) is 15.0 Å². The maximum atomic E-state index is 8.49. The van der Waals surface area contributed by atoms with Crippen LogP contribution in [-0.2, 0) is 20.1 Å². The molecule has 0 atom stereocenters. The summed E-state index contributed by atoms with van der Waals surface area (Å²) in [5, 5.41) is 5.29. The first-order valence-electron chi connectivity index (χ1n) is 18.5. The van der Waals surface area contributed by atoms with E-state index in [0.29, 0.717) is 16.8 Å². The van der Waals surface area contributed by atoms with Crippen molar-refractivity contribution < 1.29 is 32.7 Å². The fourth-order valence-corrected chi connectivity index (χ4v) is 7.31. The number of pyridine rings is 2. The summed E-state index contributed by atoms with van der Waals surface area (Å²) in [5.74, 6) is -1.83. The number of aromatic nitrogens is 2. The van der Waals surface area contributed by atoms with Crippen LogP contribution in [0.3, 0.4) is 0 Å². The van der Waals surface area contributed by atoms with Crippen LogP contribution < -0.4 is 5.19 Å². The molecule has 0 N–H and O–H groups in total. The van der Waals surface area contributed by atoms with Crippen molar-refractivity contribution in [3.05, 3.63) is 126 Å². The van der Waals surface area contributed by atoms with E-state index in [0.717, 1.165) is 43.9 Å². The monoisotopic (exact) mass is 817 g/mol. The fraction of sp³-hybridized carbons (Fsp3) is 0.238. The molecule has 0 unspecified atom stereocenters. The summed E-state index contributed by atoms with van der Waals surface area (Å²) < 4.78 is 55.0. The Morgan fingerprint density at radius 3 is 2.15 bits per heavy atom. The molecule has 3 heterocycles. The van der Waals surface area contributed by atoms with Gasteiger partial charge in [0.15, 0.2) is 0 Å². The van der Waals surface area contributed by atoms with E-state index in [4.69, 9.17) is 12.6 Å². The van der Waals surface area contributed by atoms with Gasteiger partial charge in [0.2, 0.25) is 0 Å². The first-order valence-corrected chi connectivity index (χ1v) is 19.0. The minimum atomic E-state index is -2.54. The molecule has 4 aromatic carbocycles. The van der Waals surface area contributed by atoms with E-state index in [1.165, 1.54) is 5.19 Å². The van der Waals surface area contributed by atoms with E-state index in [2.05, 4.69) is 53.9 Å². The van der Waals surface area contributed by atoms with Gasteiger partial charge in [0.25, 0.3) is 0 Å². The van der Waals surface area contributed by atoms with Gasteiger partial charge in [0.1, 0.15) is 5.58 Å². The van der Waals surface area contributed by atoms with Crippen molar-refractivity contribution in [3.63, 3.8) is 0 Å². The third-order valence-corrected chi connectivity index (χ3v) is 10.2. The fourth-order valence-electron chi connectivity index (χ4n) is 5.72. The maximum Gasteiger partial charge on any atom is 0.121 e. The molecule has 0 amide bonds. The Balaban J connectivity index is 0.000000223. The molecule has 0 saturated carbocycles. The quantitative estimate of drug-likeness (QED) is 0.128. The number of rotatable bonds is 5. The normalized spacial score (nSPS) is 14.2. The molecular weight excluding hydrogens is 769 g/mol. The van der Waals surface area contributed by atoms with E-state index >= 15 is 0 Å². The van der Waals surface area contributed by atoms with E-state index in [1.54, 1.807) is 26.0 Å². The average molecular weight is 817 g/mol. The van der Waals surface area contributed by atoms with Gasteiger partial charge in [-0.1, -0.05) is 100 Å². The van der Waals surface area contributed by atoms with Gasteiger partial charge in [-0.3, -0.25) is 0 Å². The second-order valence-corrected chi connectivity index (χ2v) is 18.1. The van der Waals surface area contributed by atoms with Crippen LogP contribution >= 0.6 is 0 Å². The summed E-state index contributed by atoms with van der Waals surface area (Å²) in [6, 6.07) is 33.7. The number of hydrogen-bond donors (Lipinski definition) is 0. The predicted molar refractivity (Wildman–Crippen MR) is 198 cm³/mol. The van der Waals surface area contributed by atoms with Gasteiger partial charge in [-0.2, -0.15) is 0 Å². The van der Waals surface area contributed by atoms with Crippen molar-refractivity contribution >= 4 is 46.0 Å². The van der Waals surface area contributed by atoms with Gasteiger partial charge < -0.3 is 14.4 Å². The van der Waals surface area contributed by atoms with Gasteiger partial charge in [-0.25, -0.2) is 0 Å². The summed E-state index contributed by atoms with van der Waals surface area (Å²) in [5.41, 5.74) is 5.25. The van der Waals surface area contributed by atoms with Gasteiger partial charge in [0, 0.05) is 44.7 Å². The van der Waals surface area contributed by atoms with Crippen LogP contribution in [-0.4, -0.2) is 18.0 Å². The van der Waals surface area contributed by atoms with Gasteiger partial charge >= 0.3 is 0 Å². The van der Waals surface area contributed by atoms with Crippen LogP contribution in [0.2, 0.25) is 19.6 Å². The zero-order chi connectivity index (χ0) is 37.8. The second kappa shape index (κ2) is 14.1. The molecule has 3 aromatic heterocycles. The van der Waals surface area contributed by atoms with Crippen molar-refractivity contribution in [1.82, 2.24) is 9.97 Å². The minimum absolute atomic E-state index is 0. The maximum absolute atomic E-state index is 8.49. The molecule has 5 heteroatoms. The Labute approximate surface area is 302 Å². The first kappa shape index (κ1) is 27.1. The number of hydrogen-bond acceptors (Lipinski definition) is 3. The Morgan fingerprint density at radius 2 is 1.49 bits per heavy atom. The number of nitrogens with zero attached hydrogens (tertiary/aromatic N) is 2. The molecule has 0 aliphatic carbocycles. The van der Waals surface area contributed by atoms with Crippen molar-refractivity contribution in [2.24, 2.45) is 0 Å². The van der Waals surface area contributed by atoms with E-state index in [9.17, 15) is 0 Å². The first-order chi connectivity index (χ1) is 24.2. The molecule has 0 spiro atoms. The molecule has 3 nitrogen and oxygen atoms in total.